The van der Waals surface area contributed by atoms with Crippen molar-refractivity contribution in [3.05, 3.63) is 143 Å². The summed E-state index contributed by atoms with van der Waals surface area (Å²) in [7, 11) is 2.21. The molecule has 0 N–H and O–H groups in total. The van der Waals surface area contributed by atoms with E-state index in [0.29, 0.717) is 0 Å². The maximum Gasteiger partial charge on any atom is 0.213 e. The zero-order chi connectivity index (χ0) is 31.2. The normalized spacial score (nSPS) is 20.4. The van der Waals surface area contributed by atoms with E-state index < -0.39 is 0 Å². The molecule has 3 heterocycles. The second kappa shape index (κ2) is 11.6. The lowest BCUT2D eigenvalue weighted by molar-refractivity contribution is -0.732. The summed E-state index contributed by atoms with van der Waals surface area (Å²) in [4.78, 5) is 0. The first-order chi connectivity index (χ1) is 22.0. The number of benzene rings is 3. The van der Waals surface area contributed by atoms with Crippen LogP contribution in [0.5, 0.6) is 0 Å². The van der Waals surface area contributed by atoms with Gasteiger partial charge in [-0.1, -0.05) is 100.0 Å². The molecule has 1 saturated carbocycles. The van der Waals surface area contributed by atoms with Crippen molar-refractivity contribution in [3.63, 3.8) is 0 Å². The fourth-order valence-corrected chi connectivity index (χ4v) is 8.71. The number of aryl methyl sites for hydroxylation is 1. The summed E-state index contributed by atoms with van der Waals surface area (Å²) in [5, 5.41) is 0. The number of allylic oxidation sites excluding steroid dienone is 2. The third kappa shape index (κ3) is 4.36. The Morgan fingerprint density at radius 3 is 2.16 bits per heavy atom. The third-order valence-corrected chi connectivity index (χ3v) is 11.1. The average Bonchev–Trinajstić information content (AvgIpc) is 3.71. The molecule has 2 heteroatoms. The lowest BCUT2D eigenvalue weighted by Gasteiger charge is -2.27. The van der Waals surface area contributed by atoms with Gasteiger partial charge >= 0.3 is 0 Å². The van der Waals surface area contributed by atoms with Crippen LogP contribution < -0.4 is 9.13 Å². The molecular weight excluding hydrogens is 544 g/mol. The van der Waals surface area contributed by atoms with Gasteiger partial charge in [0.1, 0.15) is 7.05 Å². The molecule has 45 heavy (non-hydrogen) atoms. The van der Waals surface area contributed by atoms with Gasteiger partial charge in [-0.05, 0) is 66.6 Å². The van der Waals surface area contributed by atoms with Crippen LogP contribution in [0.1, 0.15) is 68.8 Å². The highest BCUT2D eigenvalue weighted by Gasteiger charge is 2.81. The van der Waals surface area contributed by atoms with E-state index in [1.54, 1.807) is 5.57 Å². The molecular formula is C43H46N2+2. The van der Waals surface area contributed by atoms with E-state index in [0.717, 1.165) is 25.7 Å². The van der Waals surface area contributed by atoms with E-state index in [9.17, 15) is 0 Å². The second-order valence-electron chi connectivity index (χ2n) is 13.0. The first kappa shape index (κ1) is 29.4. The lowest BCUT2D eigenvalue weighted by Crippen LogP contribution is -2.55. The van der Waals surface area contributed by atoms with E-state index in [1.807, 2.05) is 0 Å². The van der Waals surface area contributed by atoms with Gasteiger partial charge in [0.15, 0.2) is 11.9 Å². The minimum absolute atomic E-state index is 0.0127. The van der Waals surface area contributed by atoms with Crippen LogP contribution in [-0.4, -0.2) is 0 Å². The third-order valence-electron chi connectivity index (χ3n) is 11.1. The molecule has 7 rings (SSSR count). The van der Waals surface area contributed by atoms with Crippen LogP contribution in [-0.2, 0) is 30.8 Å². The van der Waals surface area contributed by atoms with Crippen LogP contribution in [0.25, 0.3) is 33.6 Å². The largest absolute Gasteiger partial charge is 0.213 e. The zero-order valence-electron chi connectivity index (χ0n) is 27.6. The summed E-state index contributed by atoms with van der Waals surface area (Å²) in [5.74, 6) is 0. The molecule has 2 unspecified atom stereocenters. The molecule has 1 aliphatic heterocycles. The van der Waals surface area contributed by atoms with Crippen LogP contribution in [0.4, 0.5) is 0 Å². The number of hydrogen-bond acceptors (Lipinski definition) is 0. The molecule has 2 nitrogen and oxygen atoms in total. The summed E-state index contributed by atoms with van der Waals surface area (Å²) in [5.41, 5.74) is 15.1. The molecule has 226 valence electrons. The van der Waals surface area contributed by atoms with Crippen molar-refractivity contribution in [3.8, 4) is 33.6 Å². The zero-order valence-corrected chi connectivity index (χ0v) is 27.6. The van der Waals surface area contributed by atoms with E-state index in [1.165, 1.54) is 68.9 Å². The molecule has 1 aliphatic carbocycles. The number of nitrogens with zero attached hydrogens (tertiary/aromatic N) is 2. The van der Waals surface area contributed by atoms with Gasteiger partial charge in [-0.25, -0.2) is 0 Å². The average molecular weight is 591 g/mol. The van der Waals surface area contributed by atoms with Gasteiger partial charge < -0.3 is 0 Å². The smallest absolute Gasteiger partial charge is 0.198 e. The van der Waals surface area contributed by atoms with Crippen molar-refractivity contribution < 1.29 is 9.13 Å². The van der Waals surface area contributed by atoms with Gasteiger partial charge in [0.05, 0.1) is 11.0 Å². The van der Waals surface area contributed by atoms with Gasteiger partial charge in [0, 0.05) is 47.7 Å². The predicted octanol–water partition coefficient (Wildman–Crippen LogP) is 9.40. The Kier molecular flexibility index (Phi) is 7.56. The first-order valence-electron chi connectivity index (χ1n) is 17.0. The van der Waals surface area contributed by atoms with E-state index in [4.69, 9.17) is 0 Å². The Hall–Kier alpha value is -4.30. The standard InChI is InChI=1S/C43H46N2/c1-6-9-17-32-24-27-40-37-22-15-16-23-38(37)42(7-2)41(43(42,8-3)45(40)30-32)29-25-34-20-13-14-21-36(34)39-28-26-35(31(4)44(39)5)33-18-11-10-12-19-33/h10-16,18-24,26-30H,6-9,17,25H2,1-5H3/q+2. The Bertz CT molecular complexity index is 1920. The highest BCUT2D eigenvalue weighted by atomic mass is 15.2. The van der Waals surface area contributed by atoms with Crippen molar-refractivity contribution in [2.24, 2.45) is 7.05 Å². The summed E-state index contributed by atoms with van der Waals surface area (Å²) in [6, 6.07) is 38.3. The van der Waals surface area contributed by atoms with Crippen LogP contribution in [0.3, 0.4) is 0 Å². The molecule has 0 amide bonds. The van der Waals surface area contributed by atoms with Crippen LogP contribution in [0.2, 0.25) is 0 Å². The number of pyridine rings is 2. The summed E-state index contributed by atoms with van der Waals surface area (Å²) < 4.78 is 5.06. The molecule has 3 aromatic carbocycles. The summed E-state index contributed by atoms with van der Waals surface area (Å²) >= 11 is 0. The van der Waals surface area contributed by atoms with Crippen molar-refractivity contribution in [1.82, 2.24) is 0 Å². The predicted molar refractivity (Wildman–Crippen MR) is 186 cm³/mol. The number of hydrogen-bond donors (Lipinski definition) is 0. The SMILES string of the molecule is CCCCc1ccc2[n+](c1)C1(CC)C(=CCc3ccccc3-c3ccc(-c4ccccc4)c(C)[n+]3C)C1(CC)c1ccccc1-2. The maximum absolute atomic E-state index is 2.69. The summed E-state index contributed by atoms with van der Waals surface area (Å²) in [6.07, 6.45) is 11.8. The Morgan fingerprint density at radius 2 is 1.40 bits per heavy atom. The minimum atomic E-state index is -0.0127. The Labute approximate surface area is 269 Å². The van der Waals surface area contributed by atoms with Gasteiger partial charge in [0.2, 0.25) is 16.9 Å². The summed E-state index contributed by atoms with van der Waals surface area (Å²) in [6.45, 7) is 9.33. The monoisotopic (exact) mass is 590 g/mol. The van der Waals surface area contributed by atoms with E-state index >= 15 is 0 Å². The quantitative estimate of drug-likeness (QED) is 0.119. The number of fused-ring (bicyclic) bond motifs is 6. The fourth-order valence-electron chi connectivity index (χ4n) is 8.71. The molecule has 2 aromatic heterocycles. The van der Waals surface area contributed by atoms with Crippen molar-refractivity contribution in [2.75, 3.05) is 0 Å². The van der Waals surface area contributed by atoms with Crippen molar-refractivity contribution in [2.45, 2.75) is 77.2 Å². The minimum Gasteiger partial charge on any atom is -0.198 e. The number of rotatable bonds is 9. The Balaban J connectivity index is 1.32. The molecule has 2 aliphatic rings. The molecule has 0 radical (unpaired) electrons. The topological polar surface area (TPSA) is 7.76 Å². The van der Waals surface area contributed by atoms with Crippen molar-refractivity contribution >= 4 is 0 Å². The number of unbranched alkanes of at least 4 members (excludes halogenated alkanes) is 1. The number of aromatic nitrogens is 2. The first-order valence-corrected chi connectivity index (χ1v) is 17.0. The van der Waals surface area contributed by atoms with Crippen molar-refractivity contribution in [1.29, 1.82) is 0 Å². The van der Waals surface area contributed by atoms with Gasteiger partial charge in [0.25, 0.3) is 0 Å². The molecule has 1 fully saturated rings. The molecule has 0 bridgehead atoms. The highest BCUT2D eigenvalue weighted by Crippen LogP contribution is 2.71. The van der Waals surface area contributed by atoms with Gasteiger partial charge in [-0.2, -0.15) is 9.13 Å². The molecule has 0 saturated heterocycles. The highest BCUT2D eigenvalue weighted by molar-refractivity contribution is 5.75. The lowest BCUT2D eigenvalue weighted by atomic mass is 9.79. The molecule has 5 aromatic rings. The van der Waals surface area contributed by atoms with Gasteiger partial charge in [-0.15, -0.1) is 0 Å². The van der Waals surface area contributed by atoms with E-state index in [2.05, 4.69) is 159 Å². The maximum atomic E-state index is 2.69. The fraction of sp³-hybridized carbons (Fsp3) is 0.302. The molecule has 2 atom stereocenters. The second-order valence-corrected chi connectivity index (χ2v) is 13.0. The van der Waals surface area contributed by atoms with Gasteiger partial charge in [-0.3, -0.25) is 0 Å². The van der Waals surface area contributed by atoms with Crippen LogP contribution in [0.15, 0.2) is 121 Å². The molecule has 0 spiro atoms. The van der Waals surface area contributed by atoms with E-state index in [-0.39, 0.29) is 11.0 Å². The Morgan fingerprint density at radius 1 is 0.689 bits per heavy atom. The van der Waals surface area contributed by atoms with Crippen LogP contribution in [0, 0.1) is 6.92 Å². The van der Waals surface area contributed by atoms with Crippen LogP contribution >= 0.6 is 0 Å².